The summed E-state index contributed by atoms with van der Waals surface area (Å²) in [6, 6.07) is 0. The first kappa shape index (κ1) is 10.4. The highest BCUT2D eigenvalue weighted by molar-refractivity contribution is 6.68. The van der Waals surface area contributed by atoms with E-state index in [1.807, 2.05) is 0 Å². The fourth-order valence-electron chi connectivity index (χ4n) is 0.241. The lowest BCUT2D eigenvalue weighted by Gasteiger charge is -2.17. The van der Waals surface area contributed by atoms with Crippen molar-refractivity contribution in [2.75, 3.05) is 0 Å². The van der Waals surface area contributed by atoms with E-state index in [2.05, 4.69) is 0 Å². The fourth-order valence-corrected chi connectivity index (χ4v) is 1.63. The van der Waals surface area contributed by atoms with Crippen molar-refractivity contribution in [2.45, 2.75) is 14.7 Å². The highest BCUT2D eigenvalue weighted by Gasteiger charge is 2.32. The minimum absolute atomic E-state index is 0.326. The largest absolute Gasteiger partial charge is 0.362 e. The highest BCUT2D eigenvalue weighted by Crippen LogP contribution is 2.38. The maximum absolute atomic E-state index is 8.63. The van der Waals surface area contributed by atoms with Crippen molar-refractivity contribution in [1.82, 2.24) is 0 Å². The lowest BCUT2D eigenvalue weighted by atomic mass is 10.5. The van der Waals surface area contributed by atoms with Crippen molar-refractivity contribution in [3.8, 4) is 0 Å². The van der Waals surface area contributed by atoms with Crippen LogP contribution in [0.5, 0.6) is 0 Å². The summed E-state index contributed by atoms with van der Waals surface area (Å²) in [5, 5.41) is 8.63. The van der Waals surface area contributed by atoms with Gasteiger partial charge in [-0.05, 0) is 0 Å². The zero-order valence-corrected chi connectivity index (χ0v) is 7.82. The molecule has 1 nitrogen and oxygen atoms in total. The molecule has 0 aromatic heterocycles. The van der Waals surface area contributed by atoms with Crippen molar-refractivity contribution in [1.29, 1.82) is 0 Å². The Morgan fingerprint density at radius 2 is 1.33 bits per heavy atom. The lowest BCUT2D eigenvalue weighted by molar-refractivity contribution is 0.206. The molecule has 0 unspecified atom stereocenters. The monoisotopic (exact) mass is 230 g/mol. The van der Waals surface area contributed by atoms with Crippen LogP contribution in [0, 0.1) is 0 Å². The predicted molar refractivity (Wildman–Crippen MR) is 41.6 cm³/mol. The molecule has 0 fully saturated rings. The van der Waals surface area contributed by atoms with Gasteiger partial charge in [-0.1, -0.05) is 58.0 Å². The second kappa shape index (κ2) is 3.21. The Kier molecular flexibility index (Phi) is 3.71. The van der Waals surface area contributed by atoms with E-state index in [9.17, 15) is 0 Å². The maximum atomic E-state index is 8.63. The smallest absolute Gasteiger partial charge is 0.219 e. The normalized spacial score (nSPS) is 14.0. The molecule has 0 aromatic rings. The van der Waals surface area contributed by atoms with E-state index in [1.165, 1.54) is 0 Å². The third-order valence-electron chi connectivity index (χ3n) is 0.413. The summed E-state index contributed by atoms with van der Waals surface area (Å²) in [5.41, 5.74) is 0. The van der Waals surface area contributed by atoms with Gasteiger partial charge in [0.15, 0.2) is 3.79 Å². The highest BCUT2D eigenvalue weighted by atomic mass is 35.6. The van der Waals surface area contributed by atoms with Crippen LogP contribution in [-0.4, -0.2) is 13.4 Å². The zero-order chi connectivity index (χ0) is 7.71. The summed E-state index contributed by atoms with van der Waals surface area (Å²) in [6.45, 7) is 0. The van der Waals surface area contributed by atoms with Crippen LogP contribution in [0.4, 0.5) is 0 Å². The van der Waals surface area contributed by atoms with E-state index < -0.39 is 8.31 Å². The van der Waals surface area contributed by atoms with Crippen molar-refractivity contribution in [3.05, 3.63) is 0 Å². The standard InChI is InChI=1S/C3H3Cl5O/c4-2(5,6)1-3(7,8)9/h9H,1H2. The molecule has 0 aliphatic carbocycles. The Balaban J connectivity index is 3.75. The topological polar surface area (TPSA) is 20.2 Å². The average Bonchev–Trinajstić information content (AvgIpc) is 1.14. The Hall–Kier alpha value is 1.41. The zero-order valence-electron chi connectivity index (χ0n) is 4.04. The first-order valence-corrected chi connectivity index (χ1v) is 3.77. The van der Waals surface area contributed by atoms with Gasteiger partial charge in [0.1, 0.15) is 0 Å². The average molecular weight is 232 g/mol. The SMILES string of the molecule is OC(Cl)(Cl)CC(Cl)(Cl)Cl. The van der Waals surface area contributed by atoms with Crippen LogP contribution in [0.25, 0.3) is 0 Å². The molecular formula is C3H3Cl5O. The van der Waals surface area contributed by atoms with Crippen molar-refractivity contribution >= 4 is 58.0 Å². The van der Waals surface area contributed by atoms with Gasteiger partial charge in [0.25, 0.3) is 0 Å². The van der Waals surface area contributed by atoms with Crippen molar-refractivity contribution in [3.63, 3.8) is 0 Å². The molecule has 9 heavy (non-hydrogen) atoms. The molecule has 0 aliphatic rings. The summed E-state index contributed by atoms with van der Waals surface area (Å²) < 4.78 is -3.58. The van der Waals surface area contributed by atoms with Crippen LogP contribution in [0.1, 0.15) is 6.42 Å². The Bertz CT molecular complexity index is 77.4. The molecule has 0 atom stereocenters. The number of rotatable bonds is 1. The Morgan fingerprint density at radius 1 is 1.00 bits per heavy atom. The summed E-state index contributed by atoms with van der Waals surface area (Å²) in [6.07, 6.45) is -0.326. The first-order valence-electron chi connectivity index (χ1n) is 1.88. The molecule has 0 heterocycles. The molecule has 56 valence electrons. The van der Waals surface area contributed by atoms with Crippen LogP contribution in [-0.2, 0) is 0 Å². The molecule has 0 aliphatic heterocycles. The van der Waals surface area contributed by atoms with Gasteiger partial charge < -0.3 is 5.11 Å². The minimum atomic E-state index is -1.97. The van der Waals surface area contributed by atoms with Gasteiger partial charge in [-0.25, -0.2) is 0 Å². The van der Waals surface area contributed by atoms with E-state index in [4.69, 9.17) is 63.1 Å². The minimum Gasteiger partial charge on any atom is -0.362 e. The van der Waals surface area contributed by atoms with E-state index in [-0.39, 0.29) is 6.42 Å². The molecule has 0 aromatic carbocycles. The van der Waals surface area contributed by atoms with Gasteiger partial charge in [0, 0.05) is 0 Å². The number of hydrogen-bond donors (Lipinski definition) is 1. The third kappa shape index (κ3) is 9.41. The molecule has 1 N–H and O–H groups in total. The van der Waals surface area contributed by atoms with Crippen LogP contribution in [0.2, 0.25) is 0 Å². The quantitative estimate of drug-likeness (QED) is 0.689. The first-order chi connectivity index (χ1) is 3.71. The second-order valence-electron chi connectivity index (χ2n) is 1.46. The van der Waals surface area contributed by atoms with Gasteiger partial charge >= 0.3 is 0 Å². The molecule has 0 radical (unpaired) electrons. The summed E-state index contributed by atoms with van der Waals surface area (Å²) in [4.78, 5) is 0. The van der Waals surface area contributed by atoms with Crippen LogP contribution in [0.3, 0.4) is 0 Å². The van der Waals surface area contributed by atoms with E-state index >= 15 is 0 Å². The second-order valence-corrected chi connectivity index (χ2v) is 5.42. The number of halogens is 5. The summed E-state index contributed by atoms with van der Waals surface area (Å²) in [5.74, 6) is 0. The van der Waals surface area contributed by atoms with Gasteiger partial charge in [-0.2, -0.15) is 0 Å². The van der Waals surface area contributed by atoms with Crippen LogP contribution >= 0.6 is 58.0 Å². The number of alkyl halides is 5. The molecule has 0 saturated heterocycles. The summed E-state index contributed by atoms with van der Waals surface area (Å²) in [7, 11) is 0. The van der Waals surface area contributed by atoms with Gasteiger partial charge in [-0.3, -0.25) is 0 Å². The summed E-state index contributed by atoms with van der Waals surface area (Å²) >= 11 is 25.8. The molecule has 0 spiro atoms. The van der Waals surface area contributed by atoms with Gasteiger partial charge in [0.2, 0.25) is 4.52 Å². The predicted octanol–water partition coefficient (Wildman–Crippen LogP) is 2.87. The molecule has 0 saturated carbocycles. The van der Waals surface area contributed by atoms with E-state index in [1.54, 1.807) is 0 Å². The number of hydrogen-bond acceptors (Lipinski definition) is 1. The number of aliphatic hydroxyl groups is 1. The molecule has 6 heteroatoms. The Morgan fingerprint density at radius 3 is 1.33 bits per heavy atom. The lowest BCUT2D eigenvalue weighted by Crippen LogP contribution is -2.20. The van der Waals surface area contributed by atoms with E-state index in [0.29, 0.717) is 0 Å². The van der Waals surface area contributed by atoms with Crippen molar-refractivity contribution in [2.24, 2.45) is 0 Å². The molecular weight excluding hydrogens is 229 g/mol. The van der Waals surface area contributed by atoms with Crippen molar-refractivity contribution < 1.29 is 5.11 Å². The molecule has 0 amide bonds. The van der Waals surface area contributed by atoms with Gasteiger partial charge in [0.05, 0.1) is 6.42 Å². The van der Waals surface area contributed by atoms with Gasteiger partial charge in [-0.15, -0.1) is 0 Å². The molecule has 0 rings (SSSR count). The Labute approximate surface area is 77.8 Å². The van der Waals surface area contributed by atoms with Crippen LogP contribution in [0.15, 0.2) is 0 Å². The van der Waals surface area contributed by atoms with E-state index in [0.717, 1.165) is 0 Å². The van der Waals surface area contributed by atoms with Crippen LogP contribution < -0.4 is 0 Å². The fraction of sp³-hybridized carbons (Fsp3) is 1.00. The molecule has 0 bridgehead atoms. The maximum Gasteiger partial charge on any atom is 0.219 e. The third-order valence-corrected chi connectivity index (χ3v) is 1.08.